The largest absolute Gasteiger partial charge is 0.496 e. The van der Waals surface area contributed by atoms with E-state index in [0.29, 0.717) is 29.1 Å². The summed E-state index contributed by atoms with van der Waals surface area (Å²) in [7, 11) is 1.56. The molecule has 0 bridgehead atoms. The lowest BCUT2D eigenvalue weighted by molar-refractivity contribution is 0.0699. The van der Waals surface area contributed by atoms with Crippen LogP contribution in [0.4, 0.5) is 4.39 Å². The molecule has 1 aromatic heterocycles. The van der Waals surface area contributed by atoms with Crippen molar-refractivity contribution in [1.82, 2.24) is 4.98 Å². The minimum Gasteiger partial charge on any atom is -0.496 e. The normalized spacial score (nSPS) is 10.9. The number of rotatable bonds is 8. The number of pyridine rings is 1. The average Bonchev–Trinajstić information content (AvgIpc) is 2.83. The van der Waals surface area contributed by atoms with Crippen molar-refractivity contribution in [2.45, 2.75) is 19.8 Å². The van der Waals surface area contributed by atoms with Gasteiger partial charge in [-0.25, -0.2) is 14.2 Å². The molecule has 0 fully saturated rings. The lowest BCUT2D eigenvalue weighted by Gasteiger charge is -2.13. The molecule has 1 N–H and O–H groups in total. The highest BCUT2D eigenvalue weighted by Crippen LogP contribution is 2.36. The second-order valence-electron chi connectivity index (χ2n) is 7.67. The number of methoxy groups -OCH3 is 1. The van der Waals surface area contributed by atoms with E-state index in [4.69, 9.17) is 9.47 Å². The summed E-state index contributed by atoms with van der Waals surface area (Å²) in [5.41, 5.74) is 3.36. The number of hydrogen-bond acceptors (Lipinski definition) is 4. The first-order chi connectivity index (χ1) is 16.0. The molecule has 0 aliphatic heterocycles. The summed E-state index contributed by atoms with van der Waals surface area (Å²) in [5.74, 6) is -0.305. The topological polar surface area (TPSA) is 68.7 Å². The fourth-order valence-corrected chi connectivity index (χ4v) is 3.70. The fourth-order valence-electron chi connectivity index (χ4n) is 3.70. The maximum absolute atomic E-state index is 13.7. The molecular formula is C27H24FNO4. The molecule has 5 nitrogen and oxygen atoms in total. The second kappa shape index (κ2) is 9.69. The highest BCUT2D eigenvalue weighted by molar-refractivity contribution is 6.04. The Bertz CT molecular complexity index is 1320. The highest BCUT2D eigenvalue weighted by atomic mass is 19.1. The first-order valence-corrected chi connectivity index (χ1v) is 10.8. The summed E-state index contributed by atoms with van der Waals surface area (Å²) >= 11 is 0. The molecule has 0 amide bonds. The Morgan fingerprint density at radius 3 is 2.61 bits per heavy atom. The van der Waals surface area contributed by atoms with E-state index in [1.165, 1.54) is 24.3 Å². The lowest BCUT2D eigenvalue weighted by Crippen LogP contribution is -2.01. The molecular weight excluding hydrogens is 421 g/mol. The number of fused-ring (bicyclic) bond motifs is 1. The zero-order valence-corrected chi connectivity index (χ0v) is 18.5. The number of hydrogen-bond donors (Lipinski definition) is 1. The van der Waals surface area contributed by atoms with Gasteiger partial charge in [0, 0.05) is 10.9 Å². The second-order valence-corrected chi connectivity index (χ2v) is 7.67. The Labute approximate surface area is 191 Å². The molecule has 0 aliphatic carbocycles. The van der Waals surface area contributed by atoms with Gasteiger partial charge in [-0.05, 0) is 66.1 Å². The Hall–Kier alpha value is -3.93. The Balaban J connectivity index is 1.75. The van der Waals surface area contributed by atoms with Crippen LogP contribution in [0, 0.1) is 5.82 Å². The van der Waals surface area contributed by atoms with Gasteiger partial charge in [0.05, 0.1) is 30.5 Å². The van der Waals surface area contributed by atoms with Crippen molar-refractivity contribution in [1.29, 1.82) is 0 Å². The van der Waals surface area contributed by atoms with Crippen LogP contribution in [-0.2, 0) is 0 Å². The highest BCUT2D eigenvalue weighted by Gasteiger charge is 2.16. The van der Waals surface area contributed by atoms with Gasteiger partial charge in [0.2, 0.25) is 0 Å². The molecule has 0 saturated carbocycles. The first-order valence-electron chi connectivity index (χ1n) is 10.8. The number of halogens is 1. The summed E-state index contributed by atoms with van der Waals surface area (Å²) in [5, 5.41) is 9.93. The van der Waals surface area contributed by atoms with Gasteiger partial charge < -0.3 is 14.6 Å². The fraction of sp³-hybridized carbons (Fsp3) is 0.185. The SMILES string of the molecule is CCCCOc1cccc(-c2ccc(-c3cc(C(=O)O)c4cc(F)ccc4n3)c(OC)c2)c1. The van der Waals surface area contributed by atoms with Crippen LogP contribution < -0.4 is 9.47 Å². The van der Waals surface area contributed by atoms with Gasteiger partial charge in [-0.1, -0.05) is 31.5 Å². The molecule has 3 aromatic carbocycles. The smallest absolute Gasteiger partial charge is 0.336 e. The average molecular weight is 445 g/mol. The van der Waals surface area contributed by atoms with Crippen LogP contribution >= 0.6 is 0 Å². The number of carbonyl (C=O) groups is 1. The van der Waals surface area contributed by atoms with Gasteiger partial charge in [-0.3, -0.25) is 0 Å². The van der Waals surface area contributed by atoms with Crippen molar-refractivity contribution in [2.24, 2.45) is 0 Å². The van der Waals surface area contributed by atoms with Gasteiger partial charge in [0.15, 0.2) is 0 Å². The Morgan fingerprint density at radius 1 is 1.03 bits per heavy atom. The lowest BCUT2D eigenvalue weighted by atomic mass is 9.99. The van der Waals surface area contributed by atoms with Crippen LogP contribution in [0.1, 0.15) is 30.1 Å². The van der Waals surface area contributed by atoms with Gasteiger partial charge in [0.1, 0.15) is 17.3 Å². The van der Waals surface area contributed by atoms with Crippen LogP contribution in [0.2, 0.25) is 0 Å². The quantitative estimate of drug-likeness (QED) is 0.310. The number of aromatic nitrogens is 1. The van der Waals surface area contributed by atoms with Gasteiger partial charge in [-0.15, -0.1) is 0 Å². The molecule has 0 atom stereocenters. The van der Waals surface area contributed by atoms with Crippen LogP contribution in [0.3, 0.4) is 0 Å². The van der Waals surface area contributed by atoms with Crippen LogP contribution in [0.25, 0.3) is 33.3 Å². The molecule has 6 heteroatoms. The predicted molar refractivity (Wildman–Crippen MR) is 126 cm³/mol. The van der Waals surface area contributed by atoms with E-state index >= 15 is 0 Å². The summed E-state index contributed by atoms with van der Waals surface area (Å²) in [4.78, 5) is 16.4. The number of carboxylic acid groups (broad SMARTS) is 1. The molecule has 33 heavy (non-hydrogen) atoms. The van der Waals surface area contributed by atoms with E-state index in [9.17, 15) is 14.3 Å². The summed E-state index contributed by atoms with van der Waals surface area (Å²) in [6.07, 6.45) is 2.07. The van der Waals surface area contributed by atoms with Crippen LogP contribution in [-0.4, -0.2) is 29.8 Å². The first kappa shape index (κ1) is 22.3. The number of benzene rings is 3. The van der Waals surface area contributed by atoms with Crippen LogP contribution in [0.5, 0.6) is 11.5 Å². The third kappa shape index (κ3) is 4.80. The summed E-state index contributed by atoms with van der Waals surface area (Å²) in [6.45, 7) is 2.79. The molecule has 0 unspecified atom stereocenters. The van der Waals surface area contributed by atoms with Gasteiger partial charge >= 0.3 is 5.97 Å². The van der Waals surface area contributed by atoms with Crippen molar-refractivity contribution in [2.75, 3.05) is 13.7 Å². The van der Waals surface area contributed by atoms with E-state index < -0.39 is 11.8 Å². The minimum absolute atomic E-state index is 0.0161. The van der Waals surface area contributed by atoms with E-state index in [-0.39, 0.29) is 10.9 Å². The van der Waals surface area contributed by atoms with E-state index in [2.05, 4.69) is 11.9 Å². The van der Waals surface area contributed by atoms with Crippen molar-refractivity contribution in [3.63, 3.8) is 0 Å². The Kier molecular flexibility index (Phi) is 6.54. The number of ether oxygens (including phenoxy) is 2. The molecule has 4 aromatic rings. The van der Waals surface area contributed by atoms with E-state index in [0.717, 1.165) is 29.7 Å². The maximum atomic E-state index is 13.7. The standard InChI is InChI=1S/C27H24FNO4/c1-3-4-12-33-20-7-5-6-17(13-20)18-8-10-21(26(14-18)32-2)25-16-23(27(30)31)22-15-19(28)9-11-24(22)29-25/h5-11,13-16H,3-4,12H2,1-2H3,(H,30,31). The van der Waals surface area contributed by atoms with Crippen molar-refractivity contribution >= 4 is 16.9 Å². The third-order valence-corrected chi connectivity index (χ3v) is 5.41. The van der Waals surface area contributed by atoms with Crippen molar-refractivity contribution in [3.05, 3.63) is 78.1 Å². The summed E-state index contributed by atoms with van der Waals surface area (Å²) < 4.78 is 25.1. The molecule has 0 saturated heterocycles. The zero-order valence-electron chi connectivity index (χ0n) is 18.5. The zero-order chi connectivity index (χ0) is 23.4. The molecule has 0 radical (unpaired) electrons. The molecule has 0 aliphatic rings. The van der Waals surface area contributed by atoms with E-state index in [1.54, 1.807) is 7.11 Å². The predicted octanol–water partition coefficient (Wildman–Crippen LogP) is 6.59. The van der Waals surface area contributed by atoms with Crippen molar-refractivity contribution in [3.8, 4) is 33.9 Å². The number of carboxylic acids is 1. The van der Waals surface area contributed by atoms with Gasteiger partial charge in [0.25, 0.3) is 0 Å². The molecule has 0 spiro atoms. The summed E-state index contributed by atoms with van der Waals surface area (Å²) in [6, 6.07) is 18.9. The molecule has 1 heterocycles. The Morgan fingerprint density at radius 2 is 1.85 bits per heavy atom. The minimum atomic E-state index is -1.15. The number of aromatic carboxylic acids is 1. The monoisotopic (exact) mass is 445 g/mol. The van der Waals surface area contributed by atoms with Crippen molar-refractivity contribution < 1.29 is 23.8 Å². The third-order valence-electron chi connectivity index (χ3n) is 5.41. The number of unbranched alkanes of at least 4 members (excludes halogenated alkanes) is 1. The maximum Gasteiger partial charge on any atom is 0.336 e. The van der Waals surface area contributed by atoms with Gasteiger partial charge in [-0.2, -0.15) is 0 Å². The molecule has 4 rings (SSSR count). The van der Waals surface area contributed by atoms with Crippen LogP contribution in [0.15, 0.2) is 66.7 Å². The number of nitrogens with zero attached hydrogens (tertiary/aromatic N) is 1. The molecule has 168 valence electrons. The van der Waals surface area contributed by atoms with E-state index in [1.807, 2.05) is 42.5 Å².